The molecule has 0 rings (SSSR count). The number of carbonyl (C=O) groups excluding carboxylic acids is 2. The van der Waals surface area contributed by atoms with Crippen LogP contribution < -0.4 is 10.2 Å². The van der Waals surface area contributed by atoms with Crippen molar-refractivity contribution in [3.05, 3.63) is 85.1 Å². The van der Waals surface area contributed by atoms with Gasteiger partial charge in [0.15, 0.2) is 0 Å². The van der Waals surface area contributed by atoms with Crippen molar-refractivity contribution in [2.75, 3.05) is 40.9 Å². The Labute approximate surface area is 514 Å². The normalized spacial score (nSPS) is 14.1. The fourth-order valence-electron chi connectivity index (χ4n) is 9.89. The number of ether oxygens (including phenoxy) is 1. The standard InChI is InChI=1S/C73H133N2O7P/c1-7-10-13-16-19-22-25-28-30-32-34-36-37-39-40-42-44-47-50-53-56-59-62-65-72(76)74-70(69-81-83(78,79)80-68-67-75(4,5)6)71(64-61-58-55-52-49-46-27-24-21-18-15-12-9-3)82-73(77)66-63-60-57-54-51-48-45-43-41-38-35-33-31-29-26-23-20-17-14-11-8-2/h19-20,22-23,28-31,34-36,38,61,64,70-71H,7-18,21,24-27,32-33,37,39-60,62-63,65-69H2,1-6H3,(H-,74,76,78,79)/b22-19-,23-20-,30-28-,31-29-,36-34-,38-35-,64-61+. The molecule has 0 aromatic heterocycles. The van der Waals surface area contributed by atoms with Crippen molar-refractivity contribution in [3.63, 3.8) is 0 Å². The first-order chi connectivity index (χ1) is 40.4. The van der Waals surface area contributed by atoms with E-state index in [1.807, 2.05) is 33.3 Å². The molecule has 482 valence electrons. The molecule has 3 atom stereocenters. The van der Waals surface area contributed by atoms with E-state index in [1.165, 1.54) is 173 Å². The Morgan fingerprint density at radius 1 is 0.422 bits per heavy atom. The number of carbonyl (C=O) groups is 2. The number of hydrogen-bond acceptors (Lipinski definition) is 7. The zero-order valence-electron chi connectivity index (χ0n) is 55.1. The third kappa shape index (κ3) is 63.5. The summed E-state index contributed by atoms with van der Waals surface area (Å²) < 4.78 is 30.4. The van der Waals surface area contributed by atoms with Crippen LogP contribution in [0.3, 0.4) is 0 Å². The number of rotatable bonds is 63. The molecule has 0 fully saturated rings. The van der Waals surface area contributed by atoms with Crippen LogP contribution in [0.2, 0.25) is 0 Å². The Morgan fingerprint density at radius 2 is 0.735 bits per heavy atom. The van der Waals surface area contributed by atoms with Gasteiger partial charge in [0.1, 0.15) is 19.3 Å². The number of esters is 1. The van der Waals surface area contributed by atoms with Gasteiger partial charge in [-0.25, -0.2) is 0 Å². The number of quaternary nitrogens is 1. The highest BCUT2D eigenvalue weighted by molar-refractivity contribution is 7.45. The van der Waals surface area contributed by atoms with Crippen LogP contribution in [0.25, 0.3) is 0 Å². The van der Waals surface area contributed by atoms with Crippen LogP contribution >= 0.6 is 7.82 Å². The molecule has 0 spiro atoms. The smallest absolute Gasteiger partial charge is 0.306 e. The van der Waals surface area contributed by atoms with Gasteiger partial charge in [-0.1, -0.05) is 280 Å². The molecule has 0 aliphatic heterocycles. The van der Waals surface area contributed by atoms with Gasteiger partial charge in [-0.05, 0) is 109 Å². The molecule has 0 bridgehead atoms. The fraction of sp³-hybridized carbons (Fsp3) is 0.781. The summed E-state index contributed by atoms with van der Waals surface area (Å²) in [5.41, 5.74) is 0. The molecule has 0 saturated carbocycles. The number of unbranched alkanes of at least 4 members (excludes halogenated alkanes) is 35. The first-order valence-corrected chi connectivity index (χ1v) is 36.4. The Bertz CT molecular complexity index is 1700. The Kier molecular flexibility index (Phi) is 60.1. The Hall–Kier alpha value is -2.81. The predicted molar refractivity (Wildman–Crippen MR) is 358 cm³/mol. The third-order valence-electron chi connectivity index (χ3n) is 15.3. The van der Waals surface area contributed by atoms with E-state index in [1.54, 1.807) is 0 Å². The minimum absolute atomic E-state index is 0.0270. The monoisotopic (exact) mass is 1180 g/mol. The number of amides is 1. The topological polar surface area (TPSA) is 114 Å². The zero-order valence-corrected chi connectivity index (χ0v) is 56.0. The van der Waals surface area contributed by atoms with Crippen molar-refractivity contribution in [3.8, 4) is 0 Å². The zero-order chi connectivity index (χ0) is 60.7. The number of allylic oxidation sites excluding steroid dienone is 13. The summed E-state index contributed by atoms with van der Waals surface area (Å²) >= 11 is 0. The van der Waals surface area contributed by atoms with Crippen molar-refractivity contribution in [2.24, 2.45) is 0 Å². The van der Waals surface area contributed by atoms with E-state index < -0.39 is 26.6 Å². The van der Waals surface area contributed by atoms with Gasteiger partial charge in [-0.15, -0.1) is 0 Å². The van der Waals surface area contributed by atoms with Crippen molar-refractivity contribution in [1.82, 2.24) is 5.32 Å². The van der Waals surface area contributed by atoms with Gasteiger partial charge >= 0.3 is 5.97 Å². The van der Waals surface area contributed by atoms with Crippen molar-refractivity contribution in [1.29, 1.82) is 0 Å². The molecule has 0 aromatic carbocycles. The largest absolute Gasteiger partial charge is 0.756 e. The second-order valence-corrected chi connectivity index (χ2v) is 26.1. The van der Waals surface area contributed by atoms with Crippen LogP contribution in [0.4, 0.5) is 0 Å². The lowest BCUT2D eigenvalue weighted by Gasteiger charge is -2.30. The van der Waals surface area contributed by atoms with E-state index in [2.05, 4.69) is 99.0 Å². The van der Waals surface area contributed by atoms with Crippen molar-refractivity contribution in [2.45, 2.75) is 328 Å². The van der Waals surface area contributed by atoms with E-state index in [0.29, 0.717) is 17.4 Å². The number of phosphoric ester groups is 1. The molecule has 1 amide bonds. The molecule has 1 N–H and O–H groups in total. The van der Waals surface area contributed by atoms with E-state index in [-0.39, 0.29) is 24.9 Å². The van der Waals surface area contributed by atoms with Crippen LogP contribution in [-0.2, 0) is 27.9 Å². The maximum Gasteiger partial charge on any atom is 0.306 e. The third-order valence-corrected chi connectivity index (χ3v) is 16.3. The number of hydrogen-bond donors (Lipinski definition) is 1. The second-order valence-electron chi connectivity index (χ2n) is 24.7. The molecule has 10 heteroatoms. The summed E-state index contributed by atoms with van der Waals surface area (Å²) in [5, 5.41) is 3.04. The summed E-state index contributed by atoms with van der Waals surface area (Å²) in [5.74, 6) is -0.548. The van der Waals surface area contributed by atoms with Gasteiger partial charge < -0.3 is 28.5 Å². The highest BCUT2D eigenvalue weighted by atomic mass is 31.2. The second kappa shape index (κ2) is 62.2. The van der Waals surface area contributed by atoms with Crippen molar-refractivity contribution >= 4 is 19.7 Å². The molecule has 83 heavy (non-hydrogen) atoms. The lowest BCUT2D eigenvalue weighted by atomic mass is 10.0. The molecule has 9 nitrogen and oxygen atoms in total. The average Bonchev–Trinajstić information content (AvgIpc) is 3.46. The van der Waals surface area contributed by atoms with Crippen molar-refractivity contribution < 1.29 is 37.3 Å². The van der Waals surface area contributed by atoms with Gasteiger partial charge in [-0.2, -0.15) is 0 Å². The summed E-state index contributed by atoms with van der Waals surface area (Å²) in [6.45, 7) is 6.81. The Balaban J connectivity index is 5.17. The predicted octanol–water partition coefficient (Wildman–Crippen LogP) is 21.5. The number of phosphoric acid groups is 1. The SMILES string of the molecule is CCCCC/C=C\C/C=C\C/C=C\CCCCCCCCCCCCC(=O)NC(COP(=O)([O-])OCC[N+](C)(C)C)C(/C=C/CCCCCCCCCCCCC)OC(=O)CCCCCCCCCC/C=C\C/C=C\C/C=C\CCCCC. The molecule has 3 unspecified atom stereocenters. The summed E-state index contributed by atoms with van der Waals surface area (Å²) in [6.07, 6.45) is 82.6. The molecule has 0 aromatic rings. The minimum atomic E-state index is -4.71. The van der Waals surface area contributed by atoms with Gasteiger partial charge in [0.25, 0.3) is 7.82 Å². The van der Waals surface area contributed by atoms with Crippen LogP contribution in [-0.4, -0.2) is 69.4 Å². The summed E-state index contributed by atoms with van der Waals surface area (Å²) in [7, 11) is 1.18. The van der Waals surface area contributed by atoms with Crippen LogP contribution in [0.1, 0.15) is 316 Å². The quantitative estimate of drug-likeness (QED) is 0.0212. The van der Waals surface area contributed by atoms with Crippen LogP contribution in [0, 0.1) is 0 Å². The first-order valence-electron chi connectivity index (χ1n) is 34.9. The highest BCUT2D eigenvalue weighted by Gasteiger charge is 2.27. The molecule has 0 saturated heterocycles. The molecule has 0 radical (unpaired) electrons. The van der Waals surface area contributed by atoms with Gasteiger partial charge in [-0.3, -0.25) is 14.2 Å². The lowest BCUT2D eigenvalue weighted by Crippen LogP contribution is -2.47. The van der Waals surface area contributed by atoms with Gasteiger partial charge in [0.05, 0.1) is 33.8 Å². The van der Waals surface area contributed by atoms with Crippen LogP contribution in [0.5, 0.6) is 0 Å². The van der Waals surface area contributed by atoms with Crippen LogP contribution in [0.15, 0.2) is 85.1 Å². The molecular formula is C73H133N2O7P. The lowest BCUT2D eigenvalue weighted by molar-refractivity contribution is -0.870. The van der Waals surface area contributed by atoms with E-state index in [0.717, 1.165) is 109 Å². The van der Waals surface area contributed by atoms with Gasteiger partial charge in [0.2, 0.25) is 5.91 Å². The maximum absolute atomic E-state index is 13.6. The first kappa shape index (κ1) is 80.2. The maximum atomic E-state index is 13.6. The fourth-order valence-corrected chi connectivity index (χ4v) is 10.6. The molecular weight excluding hydrogens is 1050 g/mol. The summed E-state index contributed by atoms with van der Waals surface area (Å²) in [6, 6.07) is -0.899. The van der Waals surface area contributed by atoms with Gasteiger partial charge in [0, 0.05) is 12.8 Å². The molecule has 0 heterocycles. The Morgan fingerprint density at radius 3 is 1.12 bits per heavy atom. The van der Waals surface area contributed by atoms with E-state index in [9.17, 15) is 19.0 Å². The molecule has 0 aliphatic rings. The number of nitrogens with one attached hydrogen (secondary N) is 1. The average molecular weight is 1180 g/mol. The highest BCUT2D eigenvalue weighted by Crippen LogP contribution is 2.38. The molecule has 0 aliphatic carbocycles. The van der Waals surface area contributed by atoms with E-state index >= 15 is 0 Å². The summed E-state index contributed by atoms with van der Waals surface area (Å²) in [4.78, 5) is 40.2. The minimum Gasteiger partial charge on any atom is -0.756 e. The van der Waals surface area contributed by atoms with E-state index in [4.69, 9.17) is 13.8 Å². The number of likely N-dealkylation sites (N-methyl/N-ethyl adjacent to an activating group) is 1. The number of nitrogens with zero attached hydrogens (tertiary/aromatic N) is 1.